The van der Waals surface area contributed by atoms with E-state index in [2.05, 4.69) is 19.1 Å². The molecule has 0 radical (unpaired) electrons. The van der Waals surface area contributed by atoms with Gasteiger partial charge in [0.25, 0.3) is 0 Å². The number of phosphoric ester groups is 2. The lowest BCUT2D eigenvalue weighted by Gasteiger charge is -2.38. The van der Waals surface area contributed by atoms with Crippen LogP contribution >= 0.6 is 15.6 Å². The van der Waals surface area contributed by atoms with Gasteiger partial charge in [-0.05, 0) is 51.4 Å². The topological polar surface area (TPSA) is 314 Å². The fourth-order valence-electron chi connectivity index (χ4n) is 8.14. The fourth-order valence-corrected chi connectivity index (χ4v) is 9.67. The first-order valence-corrected chi connectivity index (χ1v) is 27.7. The van der Waals surface area contributed by atoms with Gasteiger partial charge in [-0.2, -0.15) is 0 Å². The molecular formula is C47H82O19P2. The first-order chi connectivity index (χ1) is 32.3. The predicted molar refractivity (Wildman–Crippen MR) is 251 cm³/mol. The first-order valence-electron chi connectivity index (χ1n) is 24.6. The molecule has 0 amide bonds. The number of allylic oxidation sites excluding steroid dienone is 4. The lowest BCUT2D eigenvalue weighted by Crippen LogP contribution is -2.56. The maximum Gasteiger partial charge on any atom is 0.472 e. The fraction of sp³-hybridized carbons (Fsp3) is 0.809. The summed E-state index contributed by atoms with van der Waals surface area (Å²) in [5.41, 5.74) is 0. The number of ketones is 1. The molecule has 1 saturated carbocycles. The number of Topliss-reactive ketones (excluding diaryl/α,β-unsaturated/α-hetero) is 1. The number of hydrogen-bond donors (Lipinski definition) is 9. The lowest BCUT2D eigenvalue weighted by molar-refractivity contribution is -0.164. The lowest BCUT2D eigenvalue weighted by atomic mass is 9.84. The van der Waals surface area contributed by atoms with Crippen molar-refractivity contribution in [3.63, 3.8) is 0 Å². The van der Waals surface area contributed by atoms with E-state index in [1.807, 2.05) is 6.92 Å². The van der Waals surface area contributed by atoms with Gasteiger partial charge in [-0.3, -0.25) is 28.0 Å². The van der Waals surface area contributed by atoms with Crippen LogP contribution in [0.4, 0.5) is 0 Å². The minimum Gasteiger partial charge on any atom is -0.462 e. The molecule has 9 N–H and O–H groups in total. The van der Waals surface area contributed by atoms with E-state index in [1.165, 1.54) is 44.3 Å². The zero-order chi connectivity index (χ0) is 50.5. The van der Waals surface area contributed by atoms with E-state index in [9.17, 15) is 68.8 Å². The van der Waals surface area contributed by atoms with Crippen molar-refractivity contribution in [2.24, 2.45) is 11.8 Å². The molecular weight excluding hydrogens is 930 g/mol. The number of carbonyl (C=O) groups excluding carboxylic acids is 3. The van der Waals surface area contributed by atoms with Gasteiger partial charge in [0, 0.05) is 31.1 Å². The molecule has 0 aromatic carbocycles. The molecule has 0 aromatic heterocycles. The number of esters is 2. The number of carbonyl (C=O) groups is 3. The Hall–Kier alpha value is -2.19. The Bertz CT molecular complexity index is 1620. The number of aliphatic hydroxyl groups excluding tert-OH is 6. The van der Waals surface area contributed by atoms with Gasteiger partial charge in [0.15, 0.2) is 6.10 Å². The molecule has 1 heterocycles. The normalized spacial score (nSPS) is 30.9. The highest BCUT2D eigenvalue weighted by Gasteiger charge is 2.51. The monoisotopic (exact) mass is 1010 g/mol. The summed E-state index contributed by atoms with van der Waals surface area (Å²) in [4.78, 5) is 70.5. The molecule has 1 aliphatic carbocycles. The zero-order valence-electron chi connectivity index (χ0n) is 40.0. The maximum absolute atomic E-state index is 13.7. The second-order valence-corrected chi connectivity index (χ2v) is 20.5. The standard InChI is InChI=1S/C47H82O19P2/c1-3-5-7-8-9-10-11-12-13-14-15-16-17-18-24-28-41(52)64-35-32-62-40(51)27-23-20-19-22-26-36-38(49)31-39(50)37(30-29-34(48)25-21-6-4-2)43(54)46(65-67(57,58)59)47(45(56)44(55)42(36)53)66-68(60,61)63-33-35/h5,7,19,22,29-30,34-37,39,42-48,50,53-56H,3-4,6,8-18,20-21,23-28,31-33H2,1-2H3,(H,60,61)(H2,57,58,59)/b7-5-,22-19-,30-29+/t34-,35+,36-,37-,39+,42+,43+,44-,45+,46+,47-/m0/s1. The quantitative estimate of drug-likeness (QED) is 0.0228. The van der Waals surface area contributed by atoms with Crippen LogP contribution in [0.15, 0.2) is 36.5 Å². The maximum atomic E-state index is 13.7. The molecule has 2 aliphatic rings. The van der Waals surface area contributed by atoms with Crippen LogP contribution in [0.25, 0.3) is 0 Å². The Labute approximate surface area is 402 Å². The third-order valence-electron chi connectivity index (χ3n) is 12.1. The number of hydrogen-bond acceptors (Lipinski definition) is 16. The molecule has 19 nitrogen and oxygen atoms in total. The summed E-state index contributed by atoms with van der Waals surface area (Å²) >= 11 is 0. The van der Waals surface area contributed by atoms with Crippen molar-refractivity contribution in [1.82, 2.24) is 0 Å². The number of phosphoric acid groups is 2. The van der Waals surface area contributed by atoms with E-state index in [0.717, 1.165) is 63.9 Å². The summed E-state index contributed by atoms with van der Waals surface area (Å²) in [6.45, 7) is 2.46. The number of ether oxygens (including phenoxy) is 2. The molecule has 2 bridgehead atoms. The predicted octanol–water partition coefficient (Wildman–Crippen LogP) is 6.10. The zero-order valence-corrected chi connectivity index (χ0v) is 41.8. The molecule has 1 fully saturated rings. The summed E-state index contributed by atoms with van der Waals surface area (Å²) in [5.74, 6) is -5.68. The third-order valence-corrected chi connectivity index (χ3v) is 13.6. The average molecular weight is 1010 g/mol. The van der Waals surface area contributed by atoms with Crippen molar-refractivity contribution in [3.05, 3.63) is 36.5 Å². The van der Waals surface area contributed by atoms with Crippen LogP contribution in [0, 0.1) is 11.8 Å². The van der Waals surface area contributed by atoms with Crippen LogP contribution in [0.1, 0.15) is 162 Å². The highest BCUT2D eigenvalue weighted by molar-refractivity contribution is 7.47. The Balaban J connectivity index is 2.34. The van der Waals surface area contributed by atoms with E-state index in [-0.39, 0.29) is 38.5 Å². The van der Waals surface area contributed by atoms with E-state index in [1.54, 1.807) is 6.08 Å². The van der Waals surface area contributed by atoms with Crippen LogP contribution < -0.4 is 0 Å². The van der Waals surface area contributed by atoms with Crippen LogP contribution in [0.3, 0.4) is 0 Å². The second-order valence-electron chi connectivity index (χ2n) is 17.9. The summed E-state index contributed by atoms with van der Waals surface area (Å²) in [5, 5.41) is 68.2. The van der Waals surface area contributed by atoms with E-state index in [0.29, 0.717) is 12.8 Å². The number of fused-ring (bicyclic) bond motifs is 4. The van der Waals surface area contributed by atoms with Crippen LogP contribution in [-0.4, -0.2) is 131 Å². The Morgan fingerprint density at radius 3 is 2.13 bits per heavy atom. The van der Waals surface area contributed by atoms with Gasteiger partial charge < -0.3 is 54.8 Å². The van der Waals surface area contributed by atoms with Crippen molar-refractivity contribution in [2.45, 2.75) is 216 Å². The van der Waals surface area contributed by atoms with Gasteiger partial charge in [-0.15, -0.1) is 0 Å². The average Bonchev–Trinajstić information content (AvgIpc) is 3.28. The minimum atomic E-state index is -5.78. The highest BCUT2D eigenvalue weighted by Crippen LogP contribution is 2.49. The summed E-state index contributed by atoms with van der Waals surface area (Å²) in [6.07, 6.45) is 5.18. The Morgan fingerprint density at radius 1 is 0.853 bits per heavy atom. The minimum absolute atomic E-state index is 0.0357. The second kappa shape index (κ2) is 34.2. The number of rotatable bonds is 24. The number of unbranched alkanes of at least 4 members (excludes halogenated alkanes) is 13. The van der Waals surface area contributed by atoms with Crippen LogP contribution in [-0.2, 0) is 46.6 Å². The van der Waals surface area contributed by atoms with Gasteiger partial charge >= 0.3 is 27.6 Å². The van der Waals surface area contributed by atoms with Crippen LogP contribution in [0.5, 0.6) is 0 Å². The molecule has 2 rings (SSSR count). The molecule has 12 atom stereocenters. The first kappa shape index (κ1) is 61.9. The molecule has 0 spiro atoms. The summed E-state index contributed by atoms with van der Waals surface area (Å²) < 4.78 is 52.2. The van der Waals surface area contributed by atoms with Gasteiger partial charge in [0.2, 0.25) is 0 Å². The van der Waals surface area contributed by atoms with E-state index < -0.39 is 120 Å². The SMILES string of the molecule is CC/C=C\CCCCCCCCCCCCCC(=O)O[C@@H]1COC(=O)CCC/C=C\C[C@H]2C(=O)C[C@@H](O)[C@H](/C=C/[C@@H](O)CCCCC)[C@@H](O)[C@@H](OP(=O)(O)O)[C@@H](OP(=O)(O)OC1)[C@H](O)[C@@H](O)[C@@H]2O. The largest absolute Gasteiger partial charge is 0.472 e. The Morgan fingerprint density at radius 2 is 1.50 bits per heavy atom. The molecule has 1 aliphatic heterocycles. The van der Waals surface area contributed by atoms with Crippen LogP contribution in [0.2, 0.25) is 0 Å². The molecule has 0 saturated heterocycles. The van der Waals surface area contributed by atoms with Gasteiger partial charge in [0.1, 0.15) is 36.8 Å². The van der Waals surface area contributed by atoms with Crippen molar-refractivity contribution in [2.75, 3.05) is 13.2 Å². The number of aliphatic hydroxyl groups is 6. The molecule has 394 valence electrons. The molecule has 68 heavy (non-hydrogen) atoms. The van der Waals surface area contributed by atoms with Crippen molar-refractivity contribution in [1.29, 1.82) is 0 Å². The van der Waals surface area contributed by atoms with Crippen molar-refractivity contribution < 1.29 is 91.9 Å². The highest BCUT2D eigenvalue weighted by atomic mass is 31.2. The van der Waals surface area contributed by atoms with E-state index in [4.69, 9.17) is 23.0 Å². The summed E-state index contributed by atoms with van der Waals surface area (Å²) in [6, 6.07) is 0. The smallest absolute Gasteiger partial charge is 0.462 e. The van der Waals surface area contributed by atoms with E-state index >= 15 is 0 Å². The molecule has 21 heteroatoms. The van der Waals surface area contributed by atoms with Gasteiger partial charge in [-0.25, -0.2) is 9.13 Å². The summed E-state index contributed by atoms with van der Waals surface area (Å²) in [7, 11) is -11.5. The third kappa shape index (κ3) is 25.8. The Kier molecular flexibility index (Phi) is 31.2. The molecule has 1 unspecified atom stereocenters. The molecule has 0 aromatic rings. The van der Waals surface area contributed by atoms with Crippen molar-refractivity contribution in [3.8, 4) is 0 Å². The number of cyclic esters (lactones) is 1. The van der Waals surface area contributed by atoms with Gasteiger partial charge in [0.05, 0.1) is 31.0 Å². The van der Waals surface area contributed by atoms with Crippen molar-refractivity contribution >= 4 is 33.4 Å². The van der Waals surface area contributed by atoms with Gasteiger partial charge in [-0.1, -0.05) is 127 Å².